The summed E-state index contributed by atoms with van der Waals surface area (Å²) in [4.78, 5) is 61.9. The van der Waals surface area contributed by atoms with E-state index < -0.39 is 47.9 Å². The summed E-state index contributed by atoms with van der Waals surface area (Å²) in [6, 6.07) is 7.52. The number of benzene rings is 1. The number of aromatic nitrogens is 7. The van der Waals surface area contributed by atoms with Gasteiger partial charge in [-0.05, 0) is 90.8 Å². The van der Waals surface area contributed by atoms with Crippen LogP contribution in [0.25, 0.3) is 16.6 Å². The molecule has 4 aromatic heterocycles. The number of carbonyl (C=O) groups is 4. The maximum absolute atomic E-state index is 15.0. The molecule has 4 fully saturated rings. The van der Waals surface area contributed by atoms with Crippen LogP contribution in [-0.4, -0.2) is 127 Å². The number of halogens is 3. The van der Waals surface area contributed by atoms with E-state index in [0.29, 0.717) is 36.3 Å². The maximum Gasteiger partial charge on any atom is 0.407 e. The fraction of sp³-hybridized carbons (Fsp3) is 0.574. The summed E-state index contributed by atoms with van der Waals surface area (Å²) in [5.41, 5.74) is 1.66. The van der Waals surface area contributed by atoms with Gasteiger partial charge in [-0.3, -0.25) is 29.1 Å². The van der Waals surface area contributed by atoms with Gasteiger partial charge in [-0.2, -0.15) is 15.3 Å². The molecule has 3 N–H and O–H groups in total. The third-order valence-corrected chi connectivity index (χ3v) is 13.9. The maximum atomic E-state index is 15.0. The molecule has 68 heavy (non-hydrogen) atoms. The van der Waals surface area contributed by atoms with E-state index in [0.717, 1.165) is 74.7 Å². The molecule has 364 valence electrons. The summed E-state index contributed by atoms with van der Waals surface area (Å²) < 4.78 is 54.0. The fourth-order valence-electron chi connectivity index (χ4n) is 10.5. The molecule has 3 saturated heterocycles. The van der Waals surface area contributed by atoms with Crippen molar-refractivity contribution in [2.24, 2.45) is 13.0 Å². The van der Waals surface area contributed by atoms with E-state index in [4.69, 9.17) is 9.84 Å². The van der Waals surface area contributed by atoms with E-state index in [9.17, 15) is 32.3 Å². The number of anilines is 3. The lowest BCUT2D eigenvalue weighted by Crippen LogP contribution is -2.52. The van der Waals surface area contributed by atoms with E-state index in [2.05, 4.69) is 54.0 Å². The monoisotopic (exact) mass is 943 g/mol. The van der Waals surface area contributed by atoms with Crippen LogP contribution in [0.1, 0.15) is 119 Å². The summed E-state index contributed by atoms with van der Waals surface area (Å²) in [6.45, 7) is 8.17. The SMILES string of the molecule is CN(CC1CCC(n2cc(NC(=O)c3cnn4ccc(N5CC(F)CC(NC(=O)OC(C)(C)C)C5)nc34)c(C(F)F)n2)CC1)C1CCN(c2cccc3c(C4CCC(=O)NC4=O)nn(C)c23)CC1. The average molecular weight is 944 g/mol. The Hall–Kier alpha value is -6.25. The second-order valence-electron chi connectivity index (χ2n) is 19.9. The van der Waals surface area contributed by atoms with Gasteiger partial charge < -0.3 is 30.1 Å². The number of piperidine rings is 3. The van der Waals surface area contributed by atoms with Gasteiger partial charge in [0.05, 0.1) is 53.3 Å². The standard InChI is InChI=1S/C47H60F3N13O5/c1-47(2,3)68-46(67)52-29-21-28(48)24-61(25-29)37-17-20-62-43(54-37)34(22-51-62)45(66)53-35-26-63(57-40(35)42(49)50)31-11-9-27(10-12-31)23-58(4)30-15-18-60(19-16-30)36-8-6-7-32-39(56-59(5)41(32)36)33-13-14-38(64)55-44(33)65/h6-8,17,20,22,26-31,33,42H,9-16,18-19,21,23-25H2,1-5H3,(H,52,67)(H,53,66)(H,55,64,65). The molecule has 9 rings (SSSR count). The van der Waals surface area contributed by atoms with Crippen LogP contribution in [0, 0.1) is 5.92 Å². The normalized spacial score (nSPS) is 23.2. The Morgan fingerprint density at radius 3 is 2.49 bits per heavy atom. The largest absolute Gasteiger partial charge is 0.444 e. The Morgan fingerprint density at radius 2 is 1.76 bits per heavy atom. The molecule has 21 heteroatoms. The average Bonchev–Trinajstić information content (AvgIpc) is 4.01. The van der Waals surface area contributed by atoms with Gasteiger partial charge in [-0.25, -0.2) is 27.5 Å². The Bertz CT molecular complexity index is 2680. The van der Waals surface area contributed by atoms with Gasteiger partial charge in [0.1, 0.15) is 23.2 Å². The number of hydrogen-bond acceptors (Lipinski definition) is 12. The van der Waals surface area contributed by atoms with Crippen LogP contribution in [0.15, 0.2) is 42.9 Å². The first-order valence-corrected chi connectivity index (χ1v) is 23.6. The lowest BCUT2D eigenvalue weighted by molar-refractivity contribution is -0.134. The lowest BCUT2D eigenvalue weighted by atomic mass is 9.85. The number of nitrogens with one attached hydrogen (secondary N) is 3. The van der Waals surface area contributed by atoms with Crippen LogP contribution in [0.4, 0.5) is 35.2 Å². The number of para-hydroxylation sites is 1. The topological polar surface area (TPSA) is 189 Å². The van der Waals surface area contributed by atoms with Crippen molar-refractivity contribution < 1.29 is 37.1 Å². The smallest absolute Gasteiger partial charge is 0.407 e. The van der Waals surface area contributed by atoms with E-state index >= 15 is 0 Å². The zero-order valence-electron chi connectivity index (χ0n) is 39.1. The highest BCUT2D eigenvalue weighted by molar-refractivity contribution is 6.08. The van der Waals surface area contributed by atoms with Crippen LogP contribution in [0.3, 0.4) is 0 Å². The van der Waals surface area contributed by atoms with Crippen LogP contribution in [0.2, 0.25) is 0 Å². The first-order valence-electron chi connectivity index (χ1n) is 23.6. The van der Waals surface area contributed by atoms with Gasteiger partial charge in [0.25, 0.3) is 12.3 Å². The zero-order chi connectivity index (χ0) is 48.0. The number of ether oxygens (including phenoxy) is 1. The van der Waals surface area contributed by atoms with Crippen molar-refractivity contribution in [3.8, 4) is 0 Å². The van der Waals surface area contributed by atoms with Gasteiger partial charge in [0.15, 0.2) is 11.3 Å². The molecule has 7 heterocycles. The number of alkyl halides is 3. The van der Waals surface area contributed by atoms with Gasteiger partial charge >= 0.3 is 6.09 Å². The predicted molar refractivity (Wildman–Crippen MR) is 248 cm³/mol. The summed E-state index contributed by atoms with van der Waals surface area (Å²) in [7, 11) is 4.09. The summed E-state index contributed by atoms with van der Waals surface area (Å²) in [6.07, 6.45) is 5.69. The number of amides is 4. The molecule has 3 unspecified atom stereocenters. The van der Waals surface area contributed by atoms with Crippen LogP contribution in [-0.2, 0) is 21.4 Å². The first-order chi connectivity index (χ1) is 32.5. The second kappa shape index (κ2) is 19.0. The molecule has 1 saturated carbocycles. The lowest BCUT2D eigenvalue weighted by Gasteiger charge is -2.40. The fourth-order valence-corrected chi connectivity index (χ4v) is 10.5. The number of carbonyl (C=O) groups excluding carboxylic acids is 4. The molecular weight excluding hydrogens is 884 g/mol. The van der Waals surface area contributed by atoms with Crippen molar-refractivity contribution in [1.29, 1.82) is 0 Å². The highest BCUT2D eigenvalue weighted by Gasteiger charge is 2.35. The highest BCUT2D eigenvalue weighted by atomic mass is 19.3. The van der Waals surface area contributed by atoms with Crippen molar-refractivity contribution >= 4 is 57.6 Å². The minimum absolute atomic E-state index is 0.0194. The molecule has 0 radical (unpaired) electrons. The summed E-state index contributed by atoms with van der Waals surface area (Å²) >= 11 is 0. The first kappa shape index (κ1) is 46.8. The van der Waals surface area contributed by atoms with Crippen molar-refractivity contribution in [3.63, 3.8) is 0 Å². The van der Waals surface area contributed by atoms with Crippen molar-refractivity contribution in [1.82, 2.24) is 49.7 Å². The zero-order valence-corrected chi connectivity index (χ0v) is 39.1. The molecule has 0 spiro atoms. The van der Waals surface area contributed by atoms with E-state index in [-0.39, 0.29) is 54.3 Å². The van der Waals surface area contributed by atoms with Crippen molar-refractivity contribution in [2.45, 2.75) is 121 Å². The number of hydrogen-bond donors (Lipinski definition) is 3. The molecule has 4 aliphatic rings. The number of alkyl carbamates (subject to hydrolysis) is 1. The van der Waals surface area contributed by atoms with Crippen LogP contribution >= 0.6 is 0 Å². The number of nitrogens with zero attached hydrogens (tertiary/aromatic N) is 10. The summed E-state index contributed by atoms with van der Waals surface area (Å²) in [5, 5.41) is 22.1. The number of fused-ring (bicyclic) bond motifs is 2. The van der Waals surface area contributed by atoms with Crippen LogP contribution < -0.4 is 25.8 Å². The minimum atomic E-state index is -2.93. The van der Waals surface area contributed by atoms with Gasteiger partial charge in [0.2, 0.25) is 11.8 Å². The van der Waals surface area contributed by atoms with Crippen LogP contribution in [0.5, 0.6) is 0 Å². The second-order valence-corrected chi connectivity index (χ2v) is 19.9. The molecule has 1 aliphatic carbocycles. The Balaban J connectivity index is 0.789. The predicted octanol–water partition coefficient (Wildman–Crippen LogP) is 6.30. The molecule has 3 atom stereocenters. The van der Waals surface area contributed by atoms with E-state index in [1.54, 1.807) is 42.6 Å². The molecule has 4 amide bonds. The number of aryl methyl sites for hydroxylation is 1. The summed E-state index contributed by atoms with van der Waals surface area (Å²) in [5.74, 6) is -0.890. The Morgan fingerprint density at radius 1 is 1.00 bits per heavy atom. The third-order valence-electron chi connectivity index (χ3n) is 13.9. The molecule has 18 nitrogen and oxygen atoms in total. The molecule has 1 aromatic carbocycles. The van der Waals surface area contributed by atoms with E-state index in [1.165, 1.54) is 16.9 Å². The van der Waals surface area contributed by atoms with E-state index in [1.807, 2.05) is 23.9 Å². The third kappa shape index (κ3) is 9.98. The quantitative estimate of drug-likeness (QED) is 0.126. The Kier molecular flexibility index (Phi) is 13.1. The minimum Gasteiger partial charge on any atom is -0.444 e. The number of rotatable bonds is 11. The number of imide groups is 1. The molecule has 3 aliphatic heterocycles. The van der Waals surface area contributed by atoms with Crippen molar-refractivity contribution in [2.75, 3.05) is 54.9 Å². The van der Waals surface area contributed by atoms with Gasteiger partial charge in [0, 0.05) is 69.9 Å². The molecular formula is C47H60F3N13O5. The highest BCUT2D eigenvalue weighted by Crippen LogP contribution is 2.38. The molecule has 0 bridgehead atoms. The van der Waals surface area contributed by atoms with Gasteiger partial charge in [-0.1, -0.05) is 12.1 Å². The Labute approximate surface area is 391 Å². The molecule has 5 aromatic rings. The van der Waals surface area contributed by atoms with Gasteiger partial charge in [-0.15, -0.1) is 0 Å². The van der Waals surface area contributed by atoms with Crippen molar-refractivity contribution in [3.05, 3.63) is 59.8 Å².